The summed E-state index contributed by atoms with van der Waals surface area (Å²) in [5.74, 6) is 1.01. The third-order valence-electron chi connectivity index (χ3n) is 2.62. The summed E-state index contributed by atoms with van der Waals surface area (Å²) >= 11 is 0. The fourth-order valence-corrected chi connectivity index (χ4v) is 1.50. The Labute approximate surface area is 107 Å². The van der Waals surface area contributed by atoms with Crippen LogP contribution in [0.5, 0.6) is 0 Å². The molecule has 5 heteroatoms. The van der Waals surface area contributed by atoms with E-state index in [9.17, 15) is 0 Å². The number of hydrogen-bond acceptors (Lipinski definition) is 5. The lowest BCUT2D eigenvalue weighted by molar-refractivity contribution is 0.419. The minimum absolute atomic E-state index is 0.283. The van der Waals surface area contributed by atoms with Crippen molar-refractivity contribution in [2.24, 2.45) is 0 Å². The summed E-state index contributed by atoms with van der Waals surface area (Å²) < 4.78 is 5.10. The van der Waals surface area contributed by atoms with E-state index >= 15 is 0 Å². The number of hydrogen-bond donors (Lipinski definition) is 1. The second-order valence-electron chi connectivity index (χ2n) is 4.60. The first-order valence-corrected chi connectivity index (χ1v) is 6.14. The molecule has 0 saturated carbocycles. The van der Waals surface area contributed by atoms with E-state index in [-0.39, 0.29) is 5.92 Å². The quantitative estimate of drug-likeness (QED) is 0.878. The van der Waals surface area contributed by atoms with Crippen molar-refractivity contribution in [1.82, 2.24) is 15.1 Å². The molecular weight excluding hydrogens is 228 g/mol. The van der Waals surface area contributed by atoms with Gasteiger partial charge in [-0.05, 0) is 25.0 Å². The number of rotatable bonds is 5. The molecule has 96 valence electrons. The Morgan fingerprint density at radius 1 is 1.33 bits per heavy atom. The Balaban J connectivity index is 1.82. The number of aryl methyl sites for hydroxylation is 1. The zero-order valence-electron chi connectivity index (χ0n) is 11.0. The minimum atomic E-state index is 0.283. The molecule has 0 aliphatic carbocycles. The SMILES string of the molecule is Cc1ccc(CCNc2nc(C(C)C)no2)cn1. The molecule has 0 atom stereocenters. The molecule has 0 bridgehead atoms. The molecule has 18 heavy (non-hydrogen) atoms. The highest BCUT2D eigenvalue weighted by molar-refractivity contribution is 5.21. The lowest BCUT2D eigenvalue weighted by atomic mass is 10.2. The maximum absolute atomic E-state index is 5.10. The van der Waals surface area contributed by atoms with Crippen molar-refractivity contribution in [3.63, 3.8) is 0 Å². The van der Waals surface area contributed by atoms with E-state index in [0.717, 1.165) is 24.5 Å². The fourth-order valence-electron chi connectivity index (χ4n) is 1.50. The van der Waals surface area contributed by atoms with Crippen molar-refractivity contribution in [2.75, 3.05) is 11.9 Å². The van der Waals surface area contributed by atoms with Crippen LogP contribution in [0.1, 0.15) is 36.8 Å². The first-order valence-electron chi connectivity index (χ1n) is 6.14. The summed E-state index contributed by atoms with van der Waals surface area (Å²) in [6.07, 6.45) is 2.77. The van der Waals surface area contributed by atoms with Gasteiger partial charge in [0.25, 0.3) is 0 Å². The van der Waals surface area contributed by atoms with Crippen LogP contribution in [-0.4, -0.2) is 21.7 Å². The summed E-state index contributed by atoms with van der Waals surface area (Å²) in [6, 6.07) is 4.58. The lowest BCUT2D eigenvalue weighted by Gasteiger charge is -2.01. The number of aromatic nitrogens is 3. The van der Waals surface area contributed by atoms with Gasteiger partial charge >= 0.3 is 6.01 Å². The van der Waals surface area contributed by atoms with Gasteiger partial charge in [-0.25, -0.2) is 0 Å². The standard InChI is InChI=1S/C13H18N4O/c1-9(2)12-16-13(18-17-12)14-7-6-11-5-4-10(3)15-8-11/h4-5,8-9H,6-7H2,1-3H3,(H,14,16,17). The fraction of sp³-hybridized carbons (Fsp3) is 0.462. The van der Waals surface area contributed by atoms with Gasteiger partial charge in [0.05, 0.1) is 0 Å². The summed E-state index contributed by atoms with van der Waals surface area (Å²) in [4.78, 5) is 8.50. The predicted octanol–water partition coefficient (Wildman–Crippen LogP) is 2.55. The van der Waals surface area contributed by atoms with Crippen molar-refractivity contribution in [1.29, 1.82) is 0 Å². The van der Waals surface area contributed by atoms with Gasteiger partial charge in [-0.15, -0.1) is 0 Å². The molecule has 0 aromatic carbocycles. The van der Waals surface area contributed by atoms with Crippen LogP contribution in [0.3, 0.4) is 0 Å². The Hall–Kier alpha value is -1.91. The summed E-state index contributed by atoms with van der Waals surface area (Å²) in [6.45, 7) is 6.80. The lowest BCUT2D eigenvalue weighted by Crippen LogP contribution is -2.05. The molecular formula is C13H18N4O. The third-order valence-corrected chi connectivity index (χ3v) is 2.62. The number of nitrogens with one attached hydrogen (secondary N) is 1. The van der Waals surface area contributed by atoms with Crippen molar-refractivity contribution in [2.45, 2.75) is 33.1 Å². The highest BCUT2D eigenvalue weighted by atomic mass is 16.5. The van der Waals surface area contributed by atoms with Crippen LogP contribution in [-0.2, 0) is 6.42 Å². The number of anilines is 1. The normalized spacial score (nSPS) is 10.9. The van der Waals surface area contributed by atoms with Gasteiger partial charge in [0.15, 0.2) is 5.82 Å². The van der Waals surface area contributed by atoms with Gasteiger partial charge in [-0.3, -0.25) is 4.98 Å². The number of nitrogens with zero attached hydrogens (tertiary/aromatic N) is 3. The Bertz CT molecular complexity index is 490. The van der Waals surface area contributed by atoms with E-state index in [4.69, 9.17) is 4.52 Å². The van der Waals surface area contributed by atoms with Crippen molar-refractivity contribution >= 4 is 6.01 Å². The molecule has 0 unspecified atom stereocenters. The first-order chi connectivity index (χ1) is 8.65. The Morgan fingerprint density at radius 3 is 2.78 bits per heavy atom. The van der Waals surface area contributed by atoms with E-state index < -0.39 is 0 Å². The van der Waals surface area contributed by atoms with Crippen molar-refractivity contribution < 1.29 is 4.52 Å². The van der Waals surface area contributed by atoms with E-state index in [1.807, 2.05) is 33.0 Å². The molecule has 0 fully saturated rings. The van der Waals surface area contributed by atoms with Crippen LogP contribution in [0.15, 0.2) is 22.9 Å². The molecule has 0 aliphatic heterocycles. The second kappa shape index (κ2) is 5.62. The third kappa shape index (κ3) is 3.29. The van der Waals surface area contributed by atoms with Gasteiger partial charge in [0.2, 0.25) is 0 Å². The molecule has 2 heterocycles. The van der Waals surface area contributed by atoms with Gasteiger partial charge in [0, 0.05) is 24.4 Å². The molecule has 0 radical (unpaired) electrons. The molecule has 0 spiro atoms. The van der Waals surface area contributed by atoms with E-state index in [1.54, 1.807) is 0 Å². The van der Waals surface area contributed by atoms with Crippen molar-refractivity contribution in [3.8, 4) is 0 Å². The highest BCUT2D eigenvalue weighted by Crippen LogP contribution is 2.12. The highest BCUT2D eigenvalue weighted by Gasteiger charge is 2.08. The summed E-state index contributed by atoms with van der Waals surface area (Å²) in [5, 5.41) is 7.01. The van der Waals surface area contributed by atoms with Crippen LogP contribution in [0.25, 0.3) is 0 Å². The molecule has 2 rings (SSSR count). The van der Waals surface area contributed by atoms with E-state index in [2.05, 4.69) is 26.5 Å². The zero-order valence-corrected chi connectivity index (χ0v) is 11.0. The Kier molecular flexibility index (Phi) is 3.92. The van der Waals surface area contributed by atoms with Gasteiger partial charge < -0.3 is 9.84 Å². The summed E-state index contributed by atoms with van der Waals surface area (Å²) in [5.41, 5.74) is 2.22. The average Bonchev–Trinajstić information content (AvgIpc) is 2.81. The first kappa shape index (κ1) is 12.5. The van der Waals surface area contributed by atoms with Crippen LogP contribution in [0.4, 0.5) is 6.01 Å². The largest absolute Gasteiger partial charge is 0.337 e. The van der Waals surface area contributed by atoms with Crippen LogP contribution >= 0.6 is 0 Å². The molecule has 2 aromatic heterocycles. The van der Waals surface area contributed by atoms with Gasteiger partial charge in [-0.2, -0.15) is 4.98 Å². The maximum atomic E-state index is 5.10. The van der Waals surface area contributed by atoms with E-state index in [0.29, 0.717) is 6.01 Å². The minimum Gasteiger partial charge on any atom is -0.337 e. The maximum Gasteiger partial charge on any atom is 0.321 e. The topological polar surface area (TPSA) is 63.8 Å². The molecule has 5 nitrogen and oxygen atoms in total. The van der Waals surface area contributed by atoms with E-state index in [1.165, 1.54) is 5.56 Å². The van der Waals surface area contributed by atoms with Crippen LogP contribution < -0.4 is 5.32 Å². The molecule has 2 aromatic rings. The predicted molar refractivity (Wildman–Crippen MR) is 69.6 cm³/mol. The second-order valence-corrected chi connectivity index (χ2v) is 4.60. The zero-order chi connectivity index (χ0) is 13.0. The van der Waals surface area contributed by atoms with Crippen LogP contribution in [0, 0.1) is 6.92 Å². The molecule has 0 aliphatic rings. The van der Waals surface area contributed by atoms with Gasteiger partial charge in [-0.1, -0.05) is 25.1 Å². The van der Waals surface area contributed by atoms with Crippen molar-refractivity contribution in [3.05, 3.63) is 35.4 Å². The monoisotopic (exact) mass is 246 g/mol. The Morgan fingerprint density at radius 2 is 2.17 bits per heavy atom. The van der Waals surface area contributed by atoms with Crippen LogP contribution in [0.2, 0.25) is 0 Å². The number of pyridine rings is 1. The molecule has 1 N–H and O–H groups in total. The molecule has 0 saturated heterocycles. The average molecular weight is 246 g/mol. The molecule has 0 amide bonds. The smallest absolute Gasteiger partial charge is 0.321 e. The summed E-state index contributed by atoms with van der Waals surface area (Å²) in [7, 11) is 0. The van der Waals surface area contributed by atoms with Gasteiger partial charge in [0.1, 0.15) is 0 Å².